The Labute approximate surface area is 463 Å². The van der Waals surface area contributed by atoms with Gasteiger partial charge in [0, 0.05) is 55.7 Å². The van der Waals surface area contributed by atoms with Crippen molar-refractivity contribution in [2.75, 3.05) is 5.73 Å². The van der Waals surface area contributed by atoms with Crippen LogP contribution in [0.1, 0.15) is 115 Å². The van der Waals surface area contributed by atoms with Crippen molar-refractivity contribution in [1.29, 1.82) is 0 Å². The molecule has 20 heteroatoms. The van der Waals surface area contributed by atoms with Crippen LogP contribution in [0.2, 0.25) is 0 Å². The average molecular weight is 1110 g/mol. The van der Waals surface area contributed by atoms with Crippen molar-refractivity contribution in [2.45, 2.75) is 196 Å². The van der Waals surface area contributed by atoms with E-state index in [0.717, 1.165) is 0 Å². The Morgan fingerprint density at radius 2 is 1.34 bits per heavy atom. The number of ketones is 2. The second kappa shape index (κ2) is 33.0. The highest BCUT2D eigenvalue weighted by molar-refractivity contribution is 5.96. The number of rotatable bonds is 10. The molecule has 1 aromatic rings. The highest BCUT2D eigenvalue weighted by atomic mass is 16.7. The van der Waals surface area contributed by atoms with Crippen LogP contribution in [0, 0.1) is 23.7 Å². The first kappa shape index (κ1) is 66.5. The first-order chi connectivity index (χ1) is 37.4. The summed E-state index contributed by atoms with van der Waals surface area (Å²) in [5.41, 5.74) is 12.8. The van der Waals surface area contributed by atoms with Crippen LogP contribution in [-0.2, 0) is 33.3 Å². The molecule has 0 aromatic heterocycles. The van der Waals surface area contributed by atoms with Crippen LogP contribution >= 0.6 is 0 Å². The monoisotopic (exact) mass is 1110 g/mol. The number of allylic oxidation sites excluding steroid dienone is 12. The lowest BCUT2D eigenvalue weighted by molar-refractivity contribution is -0.308. The molecule has 0 radical (unpaired) electrons. The lowest BCUT2D eigenvalue weighted by Crippen LogP contribution is -2.61. The zero-order chi connectivity index (χ0) is 58.4. The molecular weight excluding hydrogens is 1020 g/mol. The molecule has 0 saturated carbocycles. The molecule has 4 rings (SSSR count). The number of hydrogen-bond donors (Lipinski definition) is 12. The van der Waals surface area contributed by atoms with Gasteiger partial charge in [0.2, 0.25) is 0 Å². The topological polar surface area (TPSA) is 360 Å². The van der Waals surface area contributed by atoms with Gasteiger partial charge < -0.3 is 81.5 Å². The molecule has 20 nitrogen and oxygen atoms in total. The quantitative estimate of drug-likeness (QED) is 0.0905. The number of aliphatic hydroxyl groups excluding tert-OH is 8. The van der Waals surface area contributed by atoms with E-state index in [2.05, 4.69) is 0 Å². The number of esters is 1. The van der Waals surface area contributed by atoms with Crippen molar-refractivity contribution in [3.63, 3.8) is 0 Å². The number of benzene rings is 1. The van der Waals surface area contributed by atoms with E-state index in [1.54, 1.807) is 91.1 Å². The minimum absolute atomic E-state index is 0.0582. The minimum atomic E-state index is -2.32. The summed E-state index contributed by atoms with van der Waals surface area (Å²) in [5.74, 6) is -7.63. The minimum Gasteiger partial charge on any atom is -0.481 e. The first-order valence-corrected chi connectivity index (χ1v) is 27.3. The van der Waals surface area contributed by atoms with Gasteiger partial charge in [0.1, 0.15) is 23.9 Å². The molecule has 3 aliphatic rings. The van der Waals surface area contributed by atoms with E-state index >= 15 is 0 Å². The maximum absolute atomic E-state index is 13.4. The summed E-state index contributed by atoms with van der Waals surface area (Å²) in [7, 11) is 0. The van der Waals surface area contributed by atoms with E-state index < -0.39 is 128 Å². The number of nitrogen functional groups attached to an aromatic ring is 1. The Hall–Kier alpha value is -5.04. The number of aliphatic hydroxyl groups is 9. The van der Waals surface area contributed by atoms with Gasteiger partial charge in [-0.1, -0.05) is 106 Å². The van der Waals surface area contributed by atoms with Gasteiger partial charge in [-0.05, 0) is 75.1 Å². The predicted molar refractivity (Wildman–Crippen MR) is 293 cm³/mol. The van der Waals surface area contributed by atoms with Gasteiger partial charge >= 0.3 is 11.9 Å². The summed E-state index contributed by atoms with van der Waals surface area (Å²) in [6.45, 7) is 7.13. The first-order valence-electron chi connectivity index (χ1n) is 27.3. The van der Waals surface area contributed by atoms with Crippen LogP contribution in [0.15, 0.2) is 109 Å². The standard InChI is InChI=1S/C59H86N2O18/c1-35-18-15-13-11-9-7-5-6-8-10-12-14-16-21-46(77-58-55(72)53(61)54(71)38(4)76-58)31-50-52(57(73)74)49(69)34-59(75,79-50)33-45(66)29-44(65)28-43(64)27-41(62)19-17-20-42(63)30-51(70)78-56(35)37(3)26-36(2)47(67)32-48(68)39-22-24-40(60)25-23-39/h5-16,18,21-25,35-38,42-47,49-50,52-56,58,63-67,69,71-72,75H,17,19-20,26-34,60-61H2,1-4H3,(H,73,74)/t35-,36-,37-,38+,42+,43-,44-,45-,46-,47-,49-,50-,52+,53-,54+,55-,56-,58-,59+/m0/s1. The summed E-state index contributed by atoms with van der Waals surface area (Å²) in [6, 6.07) is 5.30. The van der Waals surface area contributed by atoms with Crippen molar-refractivity contribution < 1.29 is 89.2 Å². The molecule has 14 N–H and O–H groups in total. The largest absolute Gasteiger partial charge is 0.481 e. The number of carbonyl (C=O) groups excluding carboxylic acids is 3. The number of nitrogens with two attached hydrogens (primary N) is 2. The van der Waals surface area contributed by atoms with Gasteiger partial charge in [-0.2, -0.15) is 0 Å². The smallest absolute Gasteiger partial charge is 0.311 e. The van der Waals surface area contributed by atoms with Crippen LogP contribution < -0.4 is 11.5 Å². The maximum atomic E-state index is 13.4. The number of hydrogen-bond acceptors (Lipinski definition) is 19. The highest BCUT2D eigenvalue weighted by Crippen LogP contribution is 2.38. The highest BCUT2D eigenvalue weighted by Gasteiger charge is 2.51. The lowest BCUT2D eigenvalue weighted by Gasteiger charge is -2.45. The zero-order valence-corrected chi connectivity index (χ0v) is 45.7. The summed E-state index contributed by atoms with van der Waals surface area (Å²) >= 11 is 0. The van der Waals surface area contributed by atoms with E-state index in [-0.39, 0.29) is 80.7 Å². The Balaban J connectivity index is 1.53. The number of cyclic esters (lactones) is 1. The lowest BCUT2D eigenvalue weighted by atomic mass is 9.82. The molecule has 2 fully saturated rings. The number of carbonyl (C=O) groups is 4. The number of anilines is 1. The number of fused-ring (bicyclic) bond motifs is 2. The fourth-order valence-electron chi connectivity index (χ4n) is 10.1. The fraction of sp³-hybridized carbons (Fsp3) is 0.593. The molecule has 3 aliphatic heterocycles. The van der Waals surface area contributed by atoms with Crippen LogP contribution in [0.4, 0.5) is 5.69 Å². The molecule has 1 aromatic carbocycles. The van der Waals surface area contributed by atoms with Crippen molar-refractivity contribution in [3.8, 4) is 0 Å². The van der Waals surface area contributed by atoms with E-state index in [9.17, 15) is 70.2 Å². The summed E-state index contributed by atoms with van der Waals surface area (Å²) < 4.78 is 23.8. The Morgan fingerprint density at radius 1 is 0.759 bits per heavy atom. The number of carboxylic acid groups (broad SMARTS) is 1. The van der Waals surface area contributed by atoms with E-state index in [4.69, 9.17) is 30.4 Å². The molecule has 3 heterocycles. The Morgan fingerprint density at radius 3 is 1.95 bits per heavy atom. The van der Waals surface area contributed by atoms with Crippen molar-refractivity contribution in [3.05, 3.63) is 115 Å². The van der Waals surface area contributed by atoms with E-state index in [1.165, 1.54) is 13.0 Å². The van der Waals surface area contributed by atoms with Gasteiger partial charge in [-0.25, -0.2) is 0 Å². The molecule has 0 unspecified atom stereocenters. The molecule has 440 valence electrons. The normalized spacial score (nSPS) is 35.0. The van der Waals surface area contributed by atoms with Gasteiger partial charge in [-0.15, -0.1) is 0 Å². The van der Waals surface area contributed by atoms with Crippen molar-refractivity contribution >= 4 is 29.2 Å². The molecule has 0 spiro atoms. The van der Waals surface area contributed by atoms with Crippen LogP contribution in [-0.4, -0.2) is 166 Å². The molecule has 79 heavy (non-hydrogen) atoms. The summed E-state index contributed by atoms with van der Waals surface area (Å²) in [6.07, 6.45) is 5.48. The molecule has 0 aliphatic carbocycles. The summed E-state index contributed by atoms with van der Waals surface area (Å²) in [4.78, 5) is 51.7. The third-order valence-electron chi connectivity index (χ3n) is 14.5. The number of carboxylic acids is 1. The van der Waals surface area contributed by atoms with Crippen LogP contribution in [0.25, 0.3) is 0 Å². The number of Topliss-reactive ketones (excluding diaryl/α,β-unsaturated/α-hetero) is 2. The van der Waals surface area contributed by atoms with Crippen LogP contribution in [0.5, 0.6) is 0 Å². The predicted octanol–water partition coefficient (Wildman–Crippen LogP) is 3.56. The van der Waals surface area contributed by atoms with Crippen molar-refractivity contribution in [1.82, 2.24) is 0 Å². The molecule has 2 bridgehead atoms. The average Bonchev–Trinajstić information content (AvgIpc) is 3.40. The van der Waals surface area contributed by atoms with E-state index in [0.29, 0.717) is 17.7 Å². The zero-order valence-electron chi connectivity index (χ0n) is 45.7. The maximum Gasteiger partial charge on any atom is 0.311 e. The molecule has 19 atom stereocenters. The Kier molecular flexibility index (Phi) is 27.8. The third-order valence-corrected chi connectivity index (χ3v) is 14.5. The number of aliphatic carboxylic acids is 1. The van der Waals surface area contributed by atoms with E-state index in [1.807, 2.05) is 32.9 Å². The van der Waals surface area contributed by atoms with Crippen LogP contribution in [0.3, 0.4) is 0 Å². The molecule has 0 amide bonds. The molecular formula is C59H86N2O18. The van der Waals surface area contributed by atoms with Gasteiger partial charge in [0.15, 0.2) is 17.9 Å². The Bertz CT molecular complexity index is 2280. The summed E-state index contributed by atoms with van der Waals surface area (Å²) in [5, 5.41) is 109. The number of ether oxygens (including phenoxy) is 4. The third kappa shape index (κ3) is 22.8. The SMILES string of the molecule is C[C@H]1C=CC=CC=CC=CC=CC=CC=C[C@H](O[C@@H]2O[C@H](C)[C@@H](O)[C@H](N)[C@@H]2O)C[C@@H]2O[C@](O)(C[C@@H](O)C[C@@H](O)C[C@@H](O)CC(=O)CCC[C@@H](O)CC(=O)O[C@@H]1[C@@H](C)C[C@H](C)[C@@H](O)CC(=O)c1ccc(N)cc1)C[C@H](O)[C@H]2C(=O)O. The second-order valence-corrected chi connectivity index (χ2v) is 21.6. The second-order valence-electron chi connectivity index (χ2n) is 21.6. The van der Waals surface area contributed by atoms with Crippen molar-refractivity contribution in [2.24, 2.45) is 29.4 Å². The van der Waals surface area contributed by atoms with Gasteiger partial charge in [0.25, 0.3) is 0 Å². The van der Waals surface area contributed by atoms with Gasteiger partial charge in [-0.3, -0.25) is 19.2 Å². The fourth-order valence-corrected chi connectivity index (χ4v) is 10.1. The van der Waals surface area contributed by atoms with Gasteiger partial charge in [0.05, 0.1) is 73.5 Å². The molecule has 2 saturated heterocycles.